The van der Waals surface area contributed by atoms with E-state index in [1.807, 2.05) is 0 Å². The Kier molecular flexibility index (Phi) is 4.10. The number of carbonyl (C=O) groups excluding carboxylic acids is 1. The number of hydrogen-bond donors (Lipinski definition) is 2. The maximum absolute atomic E-state index is 12.9. The van der Waals surface area contributed by atoms with Crippen LogP contribution in [-0.4, -0.2) is 27.2 Å². The van der Waals surface area contributed by atoms with Crippen LogP contribution in [0.2, 0.25) is 0 Å². The molecule has 2 amide bonds. The van der Waals surface area contributed by atoms with Crippen molar-refractivity contribution in [3.05, 3.63) is 57.0 Å². The van der Waals surface area contributed by atoms with Gasteiger partial charge in [0, 0.05) is 17.8 Å². The molecule has 1 fully saturated rings. The zero-order chi connectivity index (χ0) is 20.1. The number of nitrogens with zero attached hydrogens (tertiary/aromatic N) is 3. The topological polar surface area (TPSA) is 102 Å². The summed E-state index contributed by atoms with van der Waals surface area (Å²) in [5.74, 6) is 0. The fourth-order valence-electron chi connectivity index (χ4n) is 3.97. The van der Waals surface area contributed by atoms with Crippen LogP contribution < -0.4 is 10.9 Å². The molecule has 0 aliphatic carbocycles. The fourth-order valence-corrected chi connectivity index (χ4v) is 3.97. The minimum absolute atomic E-state index is 0.106. The van der Waals surface area contributed by atoms with Gasteiger partial charge in [-0.15, -0.1) is 0 Å². The van der Waals surface area contributed by atoms with E-state index >= 15 is 0 Å². The SMILES string of the molecule is N#Cc1cc(NC(=O)N2[C@H]3CC[C@@H]2c2n[nH]c(=O)cc2C3)ccc1C(F)(F)F. The van der Waals surface area contributed by atoms with Crippen molar-refractivity contribution in [2.24, 2.45) is 0 Å². The Morgan fingerprint density at radius 1 is 1.32 bits per heavy atom. The van der Waals surface area contributed by atoms with Crippen LogP contribution in [0.5, 0.6) is 0 Å². The number of amides is 2. The molecule has 0 saturated carbocycles. The third-order valence-corrected chi connectivity index (χ3v) is 5.13. The number of nitriles is 1. The quantitative estimate of drug-likeness (QED) is 0.783. The second-order valence-electron chi connectivity index (χ2n) is 6.80. The molecule has 0 radical (unpaired) electrons. The number of aromatic amines is 1. The van der Waals surface area contributed by atoms with Crippen molar-refractivity contribution in [1.82, 2.24) is 15.1 Å². The number of urea groups is 1. The predicted molar refractivity (Wildman–Crippen MR) is 91.3 cm³/mol. The number of aromatic nitrogens is 2. The van der Waals surface area contributed by atoms with Gasteiger partial charge in [-0.1, -0.05) is 0 Å². The molecular formula is C18H14F3N5O2. The van der Waals surface area contributed by atoms with Crippen molar-refractivity contribution >= 4 is 11.7 Å². The standard InChI is InChI=1S/C18H14F3N5O2/c19-18(20,21)13-3-1-11(5-10(13)8-22)23-17(28)26-12-2-4-14(26)16-9(6-12)7-15(27)24-25-16/h1,3,5,7,12,14H,2,4,6H2,(H,23,28)(H,24,27)/t12-,14+/m0/s1. The molecule has 7 nitrogen and oxygen atoms in total. The Labute approximate surface area is 156 Å². The first-order chi connectivity index (χ1) is 13.3. The van der Waals surface area contributed by atoms with Gasteiger partial charge in [0.25, 0.3) is 5.56 Å². The molecule has 1 aromatic heterocycles. The molecular weight excluding hydrogens is 375 g/mol. The van der Waals surface area contributed by atoms with E-state index in [0.717, 1.165) is 30.2 Å². The number of nitrogens with one attached hydrogen (secondary N) is 2. The fraction of sp³-hybridized carbons (Fsp3) is 0.333. The highest BCUT2D eigenvalue weighted by Gasteiger charge is 2.44. The highest BCUT2D eigenvalue weighted by Crippen LogP contribution is 2.42. The van der Waals surface area contributed by atoms with Crippen LogP contribution >= 0.6 is 0 Å². The zero-order valence-corrected chi connectivity index (χ0v) is 14.4. The molecule has 4 rings (SSSR count). The second kappa shape index (κ2) is 6.37. The molecule has 1 aromatic carbocycles. The highest BCUT2D eigenvalue weighted by atomic mass is 19.4. The third-order valence-electron chi connectivity index (χ3n) is 5.13. The first kappa shape index (κ1) is 18.0. The van der Waals surface area contributed by atoms with Crippen molar-refractivity contribution in [2.45, 2.75) is 37.5 Å². The minimum atomic E-state index is -4.65. The normalized spacial score (nSPS) is 20.4. The largest absolute Gasteiger partial charge is 0.417 e. The van der Waals surface area contributed by atoms with Crippen LogP contribution in [0, 0.1) is 11.3 Å². The van der Waals surface area contributed by atoms with Crippen LogP contribution in [0.15, 0.2) is 29.1 Å². The van der Waals surface area contributed by atoms with Crippen molar-refractivity contribution in [3.8, 4) is 6.07 Å². The van der Waals surface area contributed by atoms with Crippen molar-refractivity contribution in [1.29, 1.82) is 5.26 Å². The van der Waals surface area contributed by atoms with Gasteiger partial charge >= 0.3 is 12.2 Å². The van der Waals surface area contributed by atoms with E-state index in [9.17, 15) is 22.8 Å². The lowest BCUT2D eigenvalue weighted by molar-refractivity contribution is -0.137. The Morgan fingerprint density at radius 2 is 2.11 bits per heavy atom. The van der Waals surface area contributed by atoms with Crippen LogP contribution in [0.25, 0.3) is 0 Å². The number of halogens is 3. The molecule has 2 bridgehead atoms. The van der Waals surface area contributed by atoms with Gasteiger partial charge in [0.1, 0.15) is 0 Å². The molecule has 144 valence electrons. The first-order valence-corrected chi connectivity index (χ1v) is 8.57. The molecule has 28 heavy (non-hydrogen) atoms. The number of alkyl halides is 3. The number of carbonyl (C=O) groups is 1. The maximum Gasteiger partial charge on any atom is 0.417 e. The summed E-state index contributed by atoms with van der Waals surface area (Å²) in [7, 11) is 0. The van der Waals surface area contributed by atoms with E-state index in [2.05, 4.69) is 15.5 Å². The molecule has 0 spiro atoms. The van der Waals surface area contributed by atoms with Crippen LogP contribution in [0.3, 0.4) is 0 Å². The molecule has 2 atom stereocenters. The smallest absolute Gasteiger partial charge is 0.313 e. The molecule has 10 heteroatoms. The summed E-state index contributed by atoms with van der Waals surface area (Å²) >= 11 is 0. The minimum Gasteiger partial charge on any atom is -0.313 e. The van der Waals surface area contributed by atoms with Gasteiger partial charge in [0.2, 0.25) is 0 Å². The lowest BCUT2D eigenvalue weighted by Crippen LogP contribution is -2.45. The van der Waals surface area contributed by atoms with Crippen molar-refractivity contribution in [3.63, 3.8) is 0 Å². The molecule has 3 heterocycles. The van der Waals surface area contributed by atoms with Crippen LogP contribution in [-0.2, 0) is 12.6 Å². The highest BCUT2D eigenvalue weighted by molar-refractivity contribution is 5.90. The summed E-state index contributed by atoms with van der Waals surface area (Å²) in [5.41, 5.74) is -0.362. The Hall–Kier alpha value is -3.35. The van der Waals surface area contributed by atoms with Gasteiger partial charge in [-0.25, -0.2) is 9.89 Å². The Bertz CT molecular complexity index is 1060. The average Bonchev–Trinajstić information content (AvgIpc) is 2.95. The monoisotopic (exact) mass is 389 g/mol. The third kappa shape index (κ3) is 2.98. The summed E-state index contributed by atoms with van der Waals surface area (Å²) in [6.45, 7) is 0. The van der Waals surface area contributed by atoms with Gasteiger partial charge in [0.15, 0.2) is 0 Å². The Balaban J connectivity index is 1.59. The van der Waals surface area contributed by atoms with Crippen molar-refractivity contribution < 1.29 is 18.0 Å². The van der Waals surface area contributed by atoms with Crippen LogP contribution in [0.1, 0.15) is 41.3 Å². The van der Waals surface area contributed by atoms with E-state index in [-0.39, 0.29) is 23.3 Å². The summed E-state index contributed by atoms with van der Waals surface area (Å²) in [6, 6.07) is 5.00. The predicted octanol–water partition coefficient (Wildman–Crippen LogP) is 2.95. The van der Waals surface area contributed by atoms with E-state index in [1.165, 1.54) is 12.1 Å². The van der Waals surface area contributed by atoms with E-state index < -0.39 is 23.3 Å². The lowest BCUT2D eigenvalue weighted by Gasteiger charge is -2.35. The number of hydrogen-bond acceptors (Lipinski definition) is 4. The van der Waals surface area contributed by atoms with Gasteiger partial charge < -0.3 is 10.2 Å². The molecule has 2 aliphatic heterocycles. The second-order valence-corrected chi connectivity index (χ2v) is 6.80. The van der Waals surface area contributed by atoms with Crippen LogP contribution in [0.4, 0.5) is 23.7 Å². The molecule has 2 N–H and O–H groups in total. The summed E-state index contributed by atoms with van der Waals surface area (Å²) in [5, 5.41) is 18.0. The Morgan fingerprint density at radius 3 is 2.82 bits per heavy atom. The zero-order valence-electron chi connectivity index (χ0n) is 14.4. The molecule has 0 unspecified atom stereocenters. The lowest BCUT2D eigenvalue weighted by atomic mass is 9.99. The van der Waals surface area contributed by atoms with Crippen molar-refractivity contribution in [2.75, 3.05) is 5.32 Å². The summed E-state index contributed by atoms with van der Waals surface area (Å²) < 4.78 is 38.8. The molecule has 2 aliphatic rings. The number of anilines is 1. The van der Waals surface area contributed by atoms with E-state index in [0.29, 0.717) is 18.5 Å². The maximum atomic E-state index is 12.9. The number of H-pyrrole nitrogens is 1. The summed E-state index contributed by atoms with van der Waals surface area (Å²) in [6.07, 6.45) is -2.74. The van der Waals surface area contributed by atoms with Gasteiger partial charge in [-0.05, 0) is 43.0 Å². The number of benzene rings is 1. The van der Waals surface area contributed by atoms with Gasteiger partial charge in [-0.3, -0.25) is 4.79 Å². The summed E-state index contributed by atoms with van der Waals surface area (Å²) in [4.78, 5) is 25.9. The average molecular weight is 389 g/mol. The molecule has 1 saturated heterocycles. The van der Waals surface area contributed by atoms with Gasteiger partial charge in [-0.2, -0.15) is 23.5 Å². The number of fused-ring (bicyclic) bond motifs is 4. The molecule has 2 aromatic rings. The number of rotatable bonds is 1. The van der Waals surface area contributed by atoms with Gasteiger partial charge in [0.05, 0.1) is 28.9 Å². The van der Waals surface area contributed by atoms with E-state index in [1.54, 1.807) is 4.90 Å². The first-order valence-electron chi connectivity index (χ1n) is 8.57. The van der Waals surface area contributed by atoms with E-state index in [4.69, 9.17) is 5.26 Å².